The van der Waals surface area contributed by atoms with Gasteiger partial charge >= 0.3 is 11.7 Å². The second-order valence-electron chi connectivity index (χ2n) is 9.10. The summed E-state index contributed by atoms with van der Waals surface area (Å²) in [4.78, 5) is 42.1. The molecule has 3 heterocycles. The van der Waals surface area contributed by atoms with Crippen molar-refractivity contribution in [3.63, 3.8) is 0 Å². The summed E-state index contributed by atoms with van der Waals surface area (Å²) in [6.07, 6.45) is 3.15. The second kappa shape index (κ2) is 11.8. The Labute approximate surface area is 242 Å². The second-order valence-corrected chi connectivity index (χ2v) is 10.1. The highest BCUT2D eigenvalue weighted by Gasteiger charge is 2.33. The van der Waals surface area contributed by atoms with Crippen molar-refractivity contribution in [3.8, 4) is 17.1 Å². The first-order chi connectivity index (χ1) is 20.2. The molecule has 0 unspecified atom stereocenters. The van der Waals surface area contributed by atoms with E-state index in [1.165, 1.54) is 16.7 Å². The molecule has 0 saturated heterocycles. The van der Waals surface area contributed by atoms with Crippen molar-refractivity contribution in [2.24, 2.45) is 4.99 Å². The summed E-state index contributed by atoms with van der Waals surface area (Å²) in [7, 11) is 0. The van der Waals surface area contributed by atoms with E-state index in [9.17, 15) is 24.1 Å². The Bertz CT molecular complexity index is 1920. The number of carbonyl (C=O) groups is 1. The summed E-state index contributed by atoms with van der Waals surface area (Å²) in [5, 5.41) is 11.1. The predicted molar refractivity (Wildman–Crippen MR) is 153 cm³/mol. The Balaban J connectivity index is 1.59. The normalized spacial score (nSPS) is 14.7. The molecule has 4 aromatic rings. The van der Waals surface area contributed by atoms with Crippen molar-refractivity contribution < 1.29 is 28.0 Å². The van der Waals surface area contributed by atoms with E-state index in [1.807, 2.05) is 0 Å². The van der Waals surface area contributed by atoms with Crippen LogP contribution in [0.4, 0.5) is 10.1 Å². The van der Waals surface area contributed by atoms with Crippen molar-refractivity contribution in [2.75, 3.05) is 13.2 Å². The van der Waals surface area contributed by atoms with Gasteiger partial charge in [-0.05, 0) is 55.8 Å². The molecule has 1 aliphatic rings. The van der Waals surface area contributed by atoms with E-state index in [1.54, 1.807) is 56.3 Å². The summed E-state index contributed by atoms with van der Waals surface area (Å²) in [6, 6.07) is 12.9. The minimum atomic E-state index is -0.956. The van der Waals surface area contributed by atoms with E-state index >= 15 is 0 Å². The third-order valence-electron chi connectivity index (χ3n) is 6.41. The van der Waals surface area contributed by atoms with Gasteiger partial charge in [-0.15, -0.1) is 0 Å². The zero-order valence-electron chi connectivity index (χ0n) is 22.5. The van der Waals surface area contributed by atoms with Crippen LogP contribution in [0.2, 0.25) is 0 Å². The number of aromatic nitrogens is 1. The maximum Gasteiger partial charge on any atom is 0.338 e. The topological polar surface area (TPSA) is 126 Å². The number of nitro benzene ring substituents is 1. The van der Waals surface area contributed by atoms with Crippen LogP contribution in [0.3, 0.4) is 0 Å². The van der Waals surface area contributed by atoms with Crippen LogP contribution in [0, 0.1) is 15.9 Å². The summed E-state index contributed by atoms with van der Waals surface area (Å²) in [5.74, 6) is -0.376. The van der Waals surface area contributed by atoms with Crippen molar-refractivity contribution in [2.45, 2.75) is 19.9 Å². The first-order valence-electron chi connectivity index (χ1n) is 12.8. The number of esters is 1. The molecule has 0 radical (unpaired) electrons. The van der Waals surface area contributed by atoms with Gasteiger partial charge in [-0.2, -0.15) is 4.39 Å². The van der Waals surface area contributed by atoms with Crippen molar-refractivity contribution in [1.29, 1.82) is 0 Å². The summed E-state index contributed by atoms with van der Waals surface area (Å²) in [5.41, 5.74) is 0.556. The van der Waals surface area contributed by atoms with Gasteiger partial charge in [0.1, 0.15) is 23.9 Å². The van der Waals surface area contributed by atoms with Crippen LogP contribution in [0.1, 0.15) is 31.2 Å². The number of ether oxygens (including phenoxy) is 2. The number of benzene rings is 2. The molecule has 1 aliphatic heterocycles. The molecule has 5 rings (SSSR count). The van der Waals surface area contributed by atoms with Gasteiger partial charge in [-0.25, -0.2) is 9.79 Å². The molecule has 0 aliphatic carbocycles. The molecular formula is C30H24FN3O7S. The fourth-order valence-corrected chi connectivity index (χ4v) is 5.56. The Hall–Kier alpha value is -5.10. The van der Waals surface area contributed by atoms with Gasteiger partial charge in [0.2, 0.25) is 5.82 Å². The highest BCUT2D eigenvalue weighted by atomic mass is 32.1. The lowest BCUT2D eigenvalue weighted by atomic mass is 9.96. The molecule has 0 amide bonds. The van der Waals surface area contributed by atoms with Gasteiger partial charge in [0.15, 0.2) is 4.80 Å². The first kappa shape index (κ1) is 28.4. The highest BCUT2D eigenvalue weighted by Crippen LogP contribution is 2.32. The van der Waals surface area contributed by atoms with E-state index in [0.717, 1.165) is 23.5 Å². The van der Waals surface area contributed by atoms with Gasteiger partial charge in [-0.1, -0.05) is 36.1 Å². The third-order valence-corrected chi connectivity index (χ3v) is 7.39. The fourth-order valence-electron chi connectivity index (χ4n) is 4.53. The number of rotatable bonds is 9. The number of fused-ring (bicyclic) bond motifs is 1. The number of hydrogen-bond acceptors (Lipinski definition) is 9. The van der Waals surface area contributed by atoms with Gasteiger partial charge in [-0.3, -0.25) is 19.5 Å². The molecule has 0 saturated carbocycles. The van der Waals surface area contributed by atoms with E-state index < -0.39 is 34.0 Å². The number of nitro groups is 1. The zero-order chi connectivity index (χ0) is 30.0. The lowest BCUT2D eigenvalue weighted by molar-refractivity contribution is -0.387. The number of halogens is 1. The SMILES string of the molecule is C=CCOc1ccc([C@@H]2C(C(=O)OCC)=C(C)N=c3s/c(=C\c4ccc(-c5ccc(F)c([N+](=O)[O-])c5)o4)c(=O)n32)cc1. The Morgan fingerprint density at radius 1 is 1.24 bits per heavy atom. The number of nitrogens with zero attached hydrogens (tertiary/aromatic N) is 3. The Morgan fingerprint density at radius 3 is 2.69 bits per heavy atom. The predicted octanol–water partition coefficient (Wildman–Crippen LogP) is 4.67. The standard InChI is InChI=1S/C30H24FN3O7S/c1-4-14-40-20-9-6-18(7-10-20)27-26(29(36)39-5-2)17(3)32-30-33(27)28(35)25(42-30)16-21-11-13-24(41-21)19-8-12-22(31)23(15-19)34(37)38/h4,6-13,15-16,27H,1,5,14H2,2-3H3/b25-16-/t27-/m1/s1. The molecule has 2 aromatic carbocycles. The lowest BCUT2D eigenvalue weighted by Gasteiger charge is -2.24. The fraction of sp³-hybridized carbons (Fsp3) is 0.167. The smallest absolute Gasteiger partial charge is 0.338 e. The monoisotopic (exact) mass is 589 g/mol. The number of furan rings is 1. The molecule has 42 heavy (non-hydrogen) atoms. The van der Waals surface area contributed by atoms with E-state index in [2.05, 4.69) is 11.6 Å². The summed E-state index contributed by atoms with van der Waals surface area (Å²) in [6.45, 7) is 7.51. The van der Waals surface area contributed by atoms with E-state index in [4.69, 9.17) is 13.9 Å². The largest absolute Gasteiger partial charge is 0.490 e. The molecule has 0 bridgehead atoms. The minimum Gasteiger partial charge on any atom is -0.490 e. The van der Waals surface area contributed by atoms with Crippen molar-refractivity contribution in [1.82, 2.24) is 4.57 Å². The van der Waals surface area contributed by atoms with Gasteiger partial charge in [0, 0.05) is 17.7 Å². The lowest BCUT2D eigenvalue weighted by Crippen LogP contribution is -2.39. The van der Waals surface area contributed by atoms with Gasteiger partial charge in [0.25, 0.3) is 5.56 Å². The summed E-state index contributed by atoms with van der Waals surface area (Å²) >= 11 is 1.12. The van der Waals surface area contributed by atoms with Crippen LogP contribution in [0.15, 0.2) is 92.7 Å². The van der Waals surface area contributed by atoms with Crippen LogP contribution in [-0.2, 0) is 9.53 Å². The number of thiazole rings is 1. The molecule has 1 atom stereocenters. The van der Waals surface area contributed by atoms with Gasteiger partial charge < -0.3 is 13.9 Å². The summed E-state index contributed by atoms with van der Waals surface area (Å²) < 4.78 is 32.3. The average Bonchev–Trinajstić information content (AvgIpc) is 3.55. The molecule has 0 N–H and O–H groups in total. The highest BCUT2D eigenvalue weighted by molar-refractivity contribution is 7.07. The molecule has 10 nitrogen and oxygen atoms in total. The first-order valence-corrected chi connectivity index (χ1v) is 13.6. The molecule has 214 valence electrons. The molecular weight excluding hydrogens is 565 g/mol. The van der Waals surface area contributed by atoms with Crippen LogP contribution in [-0.4, -0.2) is 28.7 Å². The number of carbonyl (C=O) groups excluding carboxylic acids is 1. The molecule has 2 aromatic heterocycles. The molecule has 12 heteroatoms. The maximum atomic E-state index is 13.8. The minimum absolute atomic E-state index is 0.152. The van der Waals surface area contributed by atoms with E-state index in [-0.39, 0.29) is 22.5 Å². The number of hydrogen-bond donors (Lipinski definition) is 0. The Morgan fingerprint density at radius 2 is 2.00 bits per heavy atom. The van der Waals surface area contributed by atoms with Crippen LogP contribution < -0.4 is 19.6 Å². The maximum absolute atomic E-state index is 13.8. The zero-order valence-corrected chi connectivity index (χ0v) is 23.4. The molecule has 0 spiro atoms. The quantitative estimate of drug-likeness (QED) is 0.120. The van der Waals surface area contributed by atoms with E-state index in [0.29, 0.717) is 39.7 Å². The number of allylic oxidation sites excluding steroid dienone is 1. The van der Waals surface area contributed by atoms with Crippen LogP contribution in [0.5, 0.6) is 5.75 Å². The van der Waals surface area contributed by atoms with Crippen molar-refractivity contribution in [3.05, 3.63) is 125 Å². The third kappa shape index (κ3) is 5.44. The average molecular weight is 590 g/mol. The molecule has 0 fully saturated rings. The van der Waals surface area contributed by atoms with Crippen molar-refractivity contribution >= 4 is 29.1 Å². The van der Waals surface area contributed by atoms with Gasteiger partial charge in [0.05, 0.1) is 33.4 Å². The van der Waals surface area contributed by atoms with Crippen LogP contribution >= 0.6 is 11.3 Å². The Kier molecular flexibility index (Phi) is 7.98. The van der Waals surface area contributed by atoms with Crippen LogP contribution in [0.25, 0.3) is 17.4 Å².